The summed E-state index contributed by atoms with van der Waals surface area (Å²) in [5.41, 5.74) is 2.68. The van der Waals surface area contributed by atoms with Crippen molar-refractivity contribution < 1.29 is 14.6 Å². The van der Waals surface area contributed by atoms with E-state index in [1.165, 1.54) is 12.8 Å². The van der Waals surface area contributed by atoms with Crippen molar-refractivity contribution in [2.24, 2.45) is 5.92 Å². The molecule has 170 valence electrons. The topological polar surface area (TPSA) is 59.4 Å². The van der Waals surface area contributed by atoms with E-state index in [1.807, 2.05) is 48.7 Å². The minimum absolute atomic E-state index is 0.478. The number of aliphatic carboxylic acids is 1. The third-order valence-electron chi connectivity index (χ3n) is 7.36. The van der Waals surface area contributed by atoms with Crippen molar-refractivity contribution in [2.75, 3.05) is 6.61 Å². The van der Waals surface area contributed by atoms with E-state index in [1.54, 1.807) is 0 Å². The second-order valence-electron chi connectivity index (χ2n) is 9.41. The van der Waals surface area contributed by atoms with E-state index in [-0.39, 0.29) is 0 Å². The quantitative estimate of drug-likeness (QED) is 0.336. The molecule has 0 saturated heterocycles. The van der Waals surface area contributed by atoms with E-state index in [0.29, 0.717) is 31.6 Å². The van der Waals surface area contributed by atoms with E-state index in [0.717, 1.165) is 32.6 Å². The van der Waals surface area contributed by atoms with Crippen molar-refractivity contribution in [1.82, 2.24) is 4.98 Å². The number of aromatic nitrogens is 1. The fourth-order valence-electron chi connectivity index (χ4n) is 5.09. The summed E-state index contributed by atoms with van der Waals surface area (Å²) >= 11 is 2.27. The van der Waals surface area contributed by atoms with Gasteiger partial charge in [0.2, 0.25) is 0 Å². The average molecular weight is 553 g/mol. The maximum atomic E-state index is 12.6. The molecule has 2 aliphatic rings. The lowest BCUT2D eigenvalue weighted by molar-refractivity contribution is -0.151. The Morgan fingerprint density at radius 1 is 1.00 bits per heavy atom. The molecule has 0 atom stereocenters. The maximum Gasteiger partial charge on any atom is 0.314 e. The number of ether oxygens (including phenoxy) is 1. The Bertz CT molecular complexity index is 1130. The minimum Gasteiger partial charge on any atom is -0.481 e. The number of hydrogen-bond donors (Lipinski definition) is 1. The Morgan fingerprint density at radius 2 is 1.70 bits per heavy atom. The fourth-order valence-corrected chi connectivity index (χ4v) is 5.99. The lowest BCUT2D eigenvalue weighted by Crippen LogP contribution is -2.46. The smallest absolute Gasteiger partial charge is 0.314 e. The molecule has 1 heterocycles. The number of hydrogen-bond acceptors (Lipinski definition) is 3. The second-order valence-corrected chi connectivity index (χ2v) is 10.6. The zero-order chi connectivity index (χ0) is 22.9. The van der Waals surface area contributed by atoms with Crippen LogP contribution >= 0.6 is 22.6 Å². The van der Waals surface area contributed by atoms with Gasteiger partial charge in [-0.2, -0.15) is 0 Å². The van der Waals surface area contributed by atoms with Gasteiger partial charge in [-0.1, -0.05) is 48.5 Å². The Morgan fingerprint density at radius 3 is 2.36 bits per heavy atom. The van der Waals surface area contributed by atoms with E-state index >= 15 is 0 Å². The summed E-state index contributed by atoms with van der Waals surface area (Å²) in [7, 11) is 0. The molecule has 4 nitrogen and oxygen atoms in total. The van der Waals surface area contributed by atoms with Gasteiger partial charge in [-0.3, -0.25) is 9.78 Å². The highest BCUT2D eigenvalue weighted by atomic mass is 127. The second kappa shape index (κ2) is 9.18. The van der Waals surface area contributed by atoms with Crippen LogP contribution in [-0.4, -0.2) is 22.7 Å². The van der Waals surface area contributed by atoms with Gasteiger partial charge < -0.3 is 9.84 Å². The number of carboxylic acids is 1. The molecule has 0 radical (unpaired) electrons. The zero-order valence-corrected chi connectivity index (χ0v) is 20.7. The number of halogens is 1. The van der Waals surface area contributed by atoms with Crippen LogP contribution in [-0.2, 0) is 20.5 Å². The molecule has 2 fully saturated rings. The standard InChI is InChI=1S/C28H28INO3/c29-24-9-5-4-8-23(24)27(26(31)32)13-15-28(16-14-27,33-19-20-10-11-20)22-12-17-30-25(18-22)21-6-2-1-3-7-21/h1-9,12,17-18,20H,10-11,13-16,19H2,(H,31,32). The van der Waals surface area contributed by atoms with Crippen molar-refractivity contribution in [3.63, 3.8) is 0 Å². The Labute approximate surface area is 208 Å². The van der Waals surface area contributed by atoms with Crippen LogP contribution in [0.4, 0.5) is 0 Å². The summed E-state index contributed by atoms with van der Waals surface area (Å²) < 4.78 is 7.70. The van der Waals surface area contributed by atoms with Crippen molar-refractivity contribution >= 4 is 28.6 Å². The average Bonchev–Trinajstić information content (AvgIpc) is 3.69. The largest absolute Gasteiger partial charge is 0.481 e. The van der Waals surface area contributed by atoms with Crippen LogP contribution < -0.4 is 0 Å². The fraction of sp³-hybridized carbons (Fsp3) is 0.357. The molecule has 0 bridgehead atoms. The molecule has 0 amide bonds. The van der Waals surface area contributed by atoms with Gasteiger partial charge in [-0.05, 0) is 96.4 Å². The van der Waals surface area contributed by atoms with Crippen LogP contribution in [0.1, 0.15) is 49.7 Å². The molecule has 3 aromatic rings. The van der Waals surface area contributed by atoms with Crippen molar-refractivity contribution in [3.8, 4) is 11.3 Å². The number of carboxylic acid groups (broad SMARTS) is 1. The van der Waals surface area contributed by atoms with Crippen LogP contribution in [0.15, 0.2) is 72.9 Å². The van der Waals surface area contributed by atoms with Crippen LogP contribution in [0.5, 0.6) is 0 Å². The predicted octanol–water partition coefficient (Wildman–Crippen LogP) is 6.57. The number of carbonyl (C=O) groups is 1. The first-order valence-corrected chi connectivity index (χ1v) is 12.7. The molecule has 0 spiro atoms. The summed E-state index contributed by atoms with van der Waals surface area (Å²) in [5.74, 6) is -0.0966. The summed E-state index contributed by atoms with van der Waals surface area (Å²) in [4.78, 5) is 17.2. The molecule has 0 unspecified atom stereocenters. The summed E-state index contributed by atoms with van der Waals surface area (Å²) in [6.45, 7) is 0.742. The first kappa shape index (κ1) is 22.5. The lowest BCUT2D eigenvalue weighted by atomic mass is 9.63. The Balaban J connectivity index is 1.50. The number of rotatable bonds is 7. The predicted molar refractivity (Wildman–Crippen MR) is 137 cm³/mol. The molecule has 0 aliphatic heterocycles. The molecule has 33 heavy (non-hydrogen) atoms. The van der Waals surface area contributed by atoms with Gasteiger partial charge in [0, 0.05) is 15.3 Å². The molecular weight excluding hydrogens is 525 g/mol. The summed E-state index contributed by atoms with van der Waals surface area (Å²) in [5, 5.41) is 10.4. The monoisotopic (exact) mass is 553 g/mol. The molecule has 2 aromatic carbocycles. The van der Waals surface area contributed by atoms with Crippen LogP contribution in [0, 0.1) is 9.49 Å². The Kier molecular flexibility index (Phi) is 6.27. The van der Waals surface area contributed by atoms with Crippen LogP contribution in [0.2, 0.25) is 0 Å². The summed E-state index contributed by atoms with van der Waals surface area (Å²) in [6.07, 6.45) is 6.77. The number of pyridine rings is 1. The van der Waals surface area contributed by atoms with Gasteiger partial charge in [0.15, 0.2) is 0 Å². The maximum absolute atomic E-state index is 12.6. The first-order valence-electron chi connectivity index (χ1n) is 11.7. The van der Waals surface area contributed by atoms with Gasteiger partial charge in [0.1, 0.15) is 0 Å². The highest BCUT2D eigenvalue weighted by Crippen LogP contribution is 2.51. The lowest BCUT2D eigenvalue weighted by Gasteiger charge is -2.45. The highest BCUT2D eigenvalue weighted by Gasteiger charge is 2.50. The normalized spacial score (nSPS) is 25.0. The first-order chi connectivity index (χ1) is 16.0. The van der Waals surface area contributed by atoms with Gasteiger partial charge in [0.05, 0.1) is 23.3 Å². The highest BCUT2D eigenvalue weighted by molar-refractivity contribution is 14.1. The molecule has 2 aliphatic carbocycles. The minimum atomic E-state index is -0.875. The number of nitrogens with zero attached hydrogens (tertiary/aromatic N) is 1. The van der Waals surface area contributed by atoms with E-state index in [2.05, 4.69) is 51.8 Å². The van der Waals surface area contributed by atoms with Gasteiger partial charge in [-0.25, -0.2) is 0 Å². The summed E-state index contributed by atoms with van der Waals surface area (Å²) in [6, 6.07) is 22.3. The molecule has 2 saturated carbocycles. The molecule has 5 rings (SSSR count). The zero-order valence-electron chi connectivity index (χ0n) is 18.5. The number of benzene rings is 2. The van der Waals surface area contributed by atoms with Gasteiger partial charge >= 0.3 is 5.97 Å². The molecule has 1 N–H and O–H groups in total. The molecular formula is C28H28INO3. The third-order valence-corrected chi connectivity index (χ3v) is 8.30. The van der Waals surface area contributed by atoms with E-state index in [9.17, 15) is 9.90 Å². The van der Waals surface area contributed by atoms with Gasteiger partial charge in [0.25, 0.3) is 0 Å². The third kappa shape index (κ3) is 4.45. The van der Waals surface area contributed by atoms with Gasteiger partial charge in [-0.15, -0.1) is 0 Å². The van der Waals surface area contributed by atoms with Crippen LogP contribution in [0.3, 0.4) is 0 Å². The molecule has 5 heteroatoms. The SMILES string of the molecule is O=C(O)C1(c2ccccc2I)CCC(OCC2CC2)(c2ccnc(-c3ccccc3)c2)CC1. The van der Waals surface area contributed by atoms with Crippen LogP contribution in [0.25, 0.3) is 11.3 Å². The van der Waals surface area contributed by atoms with E-state index in [4.69, 9.17) is 4.74 Å². The van der Waals surface area contributed by atoms with Crippen molar-refractivity contribution in [3.05, 3.63) is 87.6 Å². The van der Waals surface area contributed by atoms with E-state index < -0.39 is 17.0 Å². The van der Waals surface area contributed by atoms with Crippen molar-refractivity contribution in [1.29, 1.82) is 0 Å². The molecule has 1 aromatic heterocycles. The Hall–Kier alpha value is -2.25. The van der Waals surface area contributed by atoms with Crippen molar-refractivity contribution in [2.45, 2.75) is 49.5 Å².